The van der Waals surface area contributed by atoms with E-state index in [1.54, 1.807) is 0 Å². The molecule has 0 nitrogen and oxygen atoms in total. The minimum Gasteiger partial charge on any atom is -0.0655 e. The van der Waals surface area contributed by atoms with Gasteiger partial charge >= 0.3 is 0 Å². The maximum Gasteiger partial charge on any atom is 0.145 e. The zero-order valence-corrected chi connectivity index (χ0v) is 21.3. The van der Waals surface area contributed by atoms with Crippen molar-refractivity contribution in [3.05, 3.63) is 0 Å². The predicted octanol–water partition coefficient (Wildman–Crippen LogP) is 5.52. The highest BCUT2D eigenvalue weighted by Gasteiger charge is 3.64. The van der Waals surface area contributed by atoms with Crippen LogP contribution < -0.4 is 0 Å². The van der Waals surface area contributed by atoms with Gasteiger partial charge in [-0.2, -0.15) is 0 Å². The highest BCUT2D eigenvalue weighted by Crippen LogP contribution is 3.59. The van der Waals surface area contributed by atoms with Crippen LogP contribution in [0.2, 0.25) is 78.6 Å². The molecule has 0 aromatic rings. The van der Waals surface area contributed by atoms with Crippen LogP contribution in [0.25, 0.3) is 0 Å². The lowest BCUT2D eigenvalue weighted by Gasteiger charge is -2.55. The minimum absolute atomic E-state index is 0.485. The van der Waals surface area contributed by atoms with Gasteiger partial charge in [-0.1, -0.05) is 78.6 Å². The predicted molar refractivity (Wildman–Crippen MR) is 111 cm³/mol. The van der Waals surface area contributed by atoms with E-state index in [1.165, 1.54) is 0 Å². The van der Waals surface area contributed by atoms with E-state index in [1.807, 2.05) is 0 Å². The summed E-state index contributed by atoms with van der Waals surface area (Å²) in [6.45, 7) is 33.0. The van der Waals surface area contributed by atoms with Crippen LogP contribution >= 0.6 is 7.26 Å². The average Bonchev–Trinajstić information content (AvgIpc) is 2.73. The lowest BCUT2D eigenvalue weighted by Crippen LogP contribution is -2.86. The molecule has 0 unspecified atom stereocenters. The molecule has 4 fully saturated rings. The van der Waals surface area contributed by atoms with Crippen molar-refractivity contribution in [3.8, 4) is 0 Å². The van der Waals surface area contributed by atoms with E-state index in [2.05, 4.69) is 78.6 Å². The van der Waals surface area contributed by atoms with E-state index >= 15 is 0 Å². The topological polar surface area (TPSA) is 0 Å². The lowest BCUT2D eigenvalue weighted by atomic mass is 9.95. The fraction of sp³-hybridized carbons (Fsp3) is 1.00. The van der Waals surface area contributed by atoms with Gasteiger partial charge in [-0.15, -0.1) is 0 Å². The second-order valence-corrected chi connectivity index (χ2v) is 39.2. The summed E-state index contributed by atoms with van der Waals surface area (Å²) >= 11 is 0. The molecular formula is C16H36PSi4+. The molecule has 4 saturated heterocycles. The van der Waals surface area contributed by atoms with E-state index in [4.69, 9.17) is 0 Å². The zero-order chi connectivity index (χ0) is 16.5. The van der Waals surface area contributed by atoms with E-state index in [0.717, 1.165) is 19.1 Å². The summed E-state index contributed by atoms with van der Waals surface area (Å²) in [5, 5.41) is 0. The standard InChI is InChI=1S/C16H36PSi4/c1-18(2,3)13-14(19(4,5)6)16(21(10,11)12)15(13,17(13,14)16)20(7,8)9/h1-12H3/q+1. The number of hydrogen-bond acceptors (Lipinski definition) is 0. The first kappa shape index (κ1) is 15.8. The third-order valence-corrected chi connectivity index (χ3v) is 40.5. The molecular weight excluding hydrogens is 335 g/mol. The summed E-state index contributed by atoms with van der Waals surface area (Å²) in [5.74, 6) is 0. The quantitative estimate of drug-likeness (QED) is 0.450. The maximum absolute atomic E-state index is 2.75. The largest absolute Gasteiger partial charge is 0.145 e. The van der Waals surface area contributed by atoms with Gasteiger partial charge < -0.3 is 0 Å². The molecule has 0 radical (unpaired) electrons. The molecule has 0 aromatic carbocycles. The monoisotopic (exact) mass is 371 g/mol. The Hall–Kier alpha value is 1.30. The molecule has 120 valence electrons. The van der Waals surface area contributed by atoms with Gasteiger partial charge in [-0.05, 0) is 0 Å². The molecule has 4 aliphatic heterocycles. The summed E-state index contributed by atoms with van der Waals surface area (Å²) < 4.78 is 4.15. The summed E-state index contributed by atoms with van der Waals surface area (Å²) in [6.07, 6.45) is 0. The van der Waals surface area contributed by atoms with E-state index in [0.29, 0.717) is 0 Å². The van der Waals surface area contributed by atoms with Gasteiger partial charge in [0, 0.05) is 0 Å². The van der Waals surface area contributed by atoms with Crippen LogP contribution in [0.1, 0.15) is 0 Å². The van der Waals surface area contributed by atoms with Crippen molar-refractivity contribution >= 4 is 39.6 Å². The van der Waals surface area contributed by atoms with Crippen molar-refractivity contribution < 1.29 is 0 Å². The first-order valence-corrected chi connectivity index (χ1v) is 24.7. The molecule has 0 N–H and O–H groups in total. The molecule has 5 heteroatoms. The van der Waals surface area contributed by atoms with Crippen molar-refractivity contribution in [1.29, 1.82) is 0 Å². The lowest BCUT2D eigenvalue weighted by molar-refractivity contribution is 0.478. The van der Waals surface area contributed by atoms with Crippen LogP contribution in [-0.4, -0.2) is 51.4 Å². The van der Waals surface area contributed by atoms with Crippen LogP contribution in [0.4, 0.5) is 0 Å². The van der Waals surface area contributed by atoms with Gasteiger partial charge in [-0.25, -0.2) is 0 Å². The van der Waals surface area contributed by atoms with E-state index in [-0.39, 0.29) is 0 Å². The van der Waals surface area contributed by atoms with Crippen LogP contribution in [0.5, 0.6) is 0 Å². The van der Waals surface area contributed by atoms with Crippen LogP contribution in [-0.2, 0) is 0 Å². The normalized spacial score (nSPS) is 56.6. The molecule has 1 spiro atoms. The molecule has 4 rings (SSSR count). The first-order valence-electron chi connectivity index (χ1n) is 8.89. The fourth-order valence-electron chi connectivity index (χ4n) is 9.62. The molecule has 0 bridgehead atoms. The third-order valence-electron chi connectivity index (χ3n) is 8.25. The molecule has 0 atom stereocenters. The Morgan fingerprint density at radius 2 is 0.524 bits per heavy atom. The third kappa shape index (κ3) is 0.773. The van der Waals surface area contributed by atoms with Crippen molar-refractivity contribution in [2.24, 2.45) is 0 Å². The minimum atomic E-state index is -1.02. The van der Waals surface area contributed by atoms with Crippen LogP contribution in [0.3, 0.4) is 0 Å². The maximum atomic E-state index is 2.75. The van der Waals surface area contributed by atoms with Gasteiger partial charge in [-0.3, -0.25) is 0 Å². The molecule has 4 aliphatic rings. The van der Waals surface area contributed by atoms with Gasteiger partial charge in [0.2, 0.25) is 0 Å². The molecule has 0 aromatic heterocycles. The summed E-state index contributed by atoms with van der Waals surface area (Å²) in [6, 6.07) is 0. The molecule has 0 saturated carbocycles. The van der Waals surface area contributed by atoms with Crippen LogP contribution in [0.15, 0.2) is 0 Å². The summed E-state index contributed by atoms with van der Waals surface area (Å²) in [7, 11) is -4.55. The van der Waals surface area contributed by atoms with E-state index in [9.17, 15) is 0 Å². The Kier molecular flexibility index (Phi) is 2.16. The average molecular weight is 372 g/mol. The second-order valence-electron chi connectivity index (χ2n) is 12.5. The second kappa shape index (κ2) is 2.87. The van der Waals surface area contributed by atoms with Crippen molar-refractivity contribution in [2.45, 2.75) is 97.7 Å². The zero-order valence-electron chi connectivity index (χ0n) is 16.4. The fourth-order valence-corrected chi connectivity index (χ4v) is 71.9. The van der Waals surface area contributed by atoms with Crippen molar-refractivity contribution in [3.63, 3.8) is 0 Å². The first-order chi connectivity index (χ1) is 9.00. The van der Waals surface area contributed by atoms with Gasteiger partial charge in [0.15, 0.2) is 0 Å². The Balaban J connectivity index is 1.95. The highest BCUT2D eigenvalue weighted by molar-refractivity contribution is 8.25. The Morgan fingerprint density at radius 3 is 0.619 bits per heavy atom. The van der Waals surface area contributed by atoms with E-state index < -0.39 is 39.6 Å². The summed E-state index contributed by atoms with van der Waals surface area (Å²) in [4.78, 5) is 0. The van der Waals surface area contributed by atoms with Gasteiger partial charge in [0.25, 0.3) is 0 Å². The van der Waals surface area contributed by atoms with Crippen molar-refractivity contribution in [1.82, 2.24) is 0 Å². The smallest absolute Gasteiger partial charge is 0.0655 e. The molecule has 0 aliphatic carbocycles. The number of fused-ring (bicyclic) bond motifs is 4. The summed E-state index contributed by atoms with van der Waals surface area (Å²) in [5.41, 5.74) is 0. The molecule has 21 heavy (non-hydrogen) atoms. The Bertz CT molecular complexity index is 476. The molecule has 4 heterocycles. The SMILES string of the molecule is C[Si](C)(C)C12C3([Si](C)(C)C)C4([Si](C)(C)C)C1([Si](C)(C)C)[P+]234. The van der Waals surface area contributed by atoms with Crippen LogP contribution in [0, 0.1) is 0 Å². The number of hydrogen-bond donors (Lipinski definition) is 0. The molecule has 0 amide bonds. The highest BCUT2D eigenvalue weighted by atomic mass is 31.2. The van der Waals surface area contributed by atoms with Gasteiger partial charge in [0.1, 0.15) is 51.4 Å². The van der Waals surface area contributed by atoms with Crippen molar-refractivity contribution in [2.75, 3.05) is 0 Å². The van der Waals surface area contributed by atoms with Gasteiger partial charge in [0.05, 0.1) is 7.26 Å². The Morgan fingerprint density at radius 1 is 0.381 bits per heavy atom. The number of rotatable bonds is 4. The Labute approximate surface area is 137 Å².